The van der Waals surface area contributed by atoms with Crippen LogP contribution in [0.5, 0.6) is 0 Å². The second-order valence-corrected chi connectivity index (χ2v) is 4.83. The number of amides is 2. The standard InChI is InChI=1S/C11H17N3O2S/c1-8(15)13-9-4-5-17-10(9)6-12-7-11(16)14(2)3/h4-5,12H,6-7H2,1-3H3,(H,13,15). The van der Waals surface area contributed by atoms with Crippen LogP contribution in [-0.4, -0.2) is 37.4 Å². The number of nitrogens with one attached hydrogen (secondary N) is 2. The molecule has 1 heterocycles. The molecule has 0 radical (unpaired) electrons. The van der Waals surface area contributed by atoms with Gasteiger partial charge >= 0.3 is 0 Å². The highest BCUT2D eigenvalue weighted by molar-refractivity contribution is 7.10. The Labute approximate surface area is 105 Å². The molecule has 2 amide bonds. The molecule has 2 N–H and O–H groups in total. The molecule has 0 saturated carbocycles. The van der Waals surface area contributed by atoms with Crippen molar-refractivity contribution in [2.75, 3.05) is 26.0 Å². The Bertz CT molecular complexity index is 401. The van der Waals surface area contributed by atoms with E-state index in [0.29, 0.717) is 13.1 Å². The maximum absolute atomic E-state index is 11.3. The van der Waals surface area contributed by atoms with Gasteiger partial charge in [-0.15, -0.1) is 11.3 Å². The highest BCUT2D eigenvalue weighted by Crippen LogP contribution is 2.21. The van der Waals surface area contributed by atoms with E-state index >= 15 is 0 Å². The number of anilines is 1. The smallest absolute Gasteiger partial charge is 0.236 e. The van der Waals surface area contributed by atoms with Crippen molar-refractivity contribution >= 4 is 28.8 Å². The average Bonchev–Trinajstić information content (AvgIpc) is 2.64. The number of rotatable bonds is 5. The summed E-state index contributed by atoms with van der Waals surface area (Å²) in [7, 11) is 3.44. The van der Waals surface area contributed by atoms with E-state index in [1.807, 2.05) is 11.4 Å². The van der Waals surface area contributed by atoms with Crippen molar-refractivity contribution in [2.24, 2.45) is 0 Å². The molecule has 94 valence electrons. The summed E-state index contributed by atoms with van der Waals surface area (Å²) in [5.74, 6) is -0.0587. The monoisotopic (exact) mass is 255 g/mol. The van der Waals surface area contributed by atoms with E-state index in [1.165, 1.54) is 11.8 Å². The Hall–Kier alpha value is -1.40. The third kappa shape index (κ3) is 4.54. The first-order valence-corrected chi connectivity index (χ1v) is 6.13. The van der Waals surface area contributed by atoms with E-state index in [4.69, 9.17) is 0 Å². The predicted octanol–water partition coefficient (Wildman–Crippen LogP) is 0.884. The zero-order chi connectivity index (χ0) is 12.8. The van der Waals surface area contributed by atoms with Gasteiger partial charge in [0, 0.05) is 32.4 Å². The first-order chi connectivity index (χ1) is 8.00. The fraction of sp³-hybridized carbons (Fsp3) is 0.455. The molecule has 0 fully saturated rings. The normalized spacial score (nSPS) is 10.1. The van der Waals surface area contributed by atoms with Crippen LogP contribution in [0.25, 0.3) is 0 Å². The Morgan fingerprint density at radius 3 is 2.71 bits per heavy atom. The third-order valence-electron chi connectivity index (χ3n) is 2.12. The minimum absolute atomic E-state index is 0.0302. The predicted molar refractivity (Wildman–Crippen MR) is 69.0 cm³/mol. The second-order valence-electron chi connectivity index (χ2n) is 3.83. The highest BCUT2D eigenvalue weighted by atomic mass is 32.1. The van der Waals surface area contributed by atoms with Crippen molar-refractivity contribution in [2.45, 2.75) is 13.5 Å². The van der Waals surface area contributed by atoms with Gasteiger partial charge in [0.1, 0.15) is 0 Å². The van der Waals surface area contributed by atoms with Crippen LogP contribution in [0.15, 0.2) is 11.4 Å². The molecule has 0 bridgehead atoms. The lowest BCUT2D eigenvalue weighted by Crippen LogP contribution is -2.32. The van der Waals surface area contributed by atoms with E-state index in [0.717, 1.165) is 10.6 Å². The Balaban J connectivity index is 2.44. The van der Waals surface area contributed by atoms with Gasteiger partial charge in [-0.3, -0.25) is 9.59 Å². The maximum Gasteiger partial charge on any atom is 0.236 e. The first-order valence-electron chi connectivity index (χ1n) is 5.25. The average molecular weight is 255 g/mol. The molecule has 0 spiro atoms. The Kier molecular flexibility index (Phi) is 5.11. The van der Waals surface area contributed by atoms with Crippen molar-refractivity contribution in [1.82, 2.24) is 10.2 Å². The molecule has 0 aliphatic carbocycles. The van der Waals surface area contributed by atoms with Crippen molar-refractivity contribution in [3.63, 3.8) is 0 Å². The summed E-state index contributed by atoms with van der Waals surface area (Å²) in [5, 5.41) is 7.71. The van der Waals surface area contributed by atoms with Crippen molar-refractivity contribution in [1.29, 1.82) is 0 Å². The molecule has 1 aromatic heterocycles. The molecule has 6 heteroatoms. The van der Waals surface area contributed by atoms with Crippen molar-refractivity contribution in [3.8, 4) is 0 Å². The molecular formula is C11H17N3O2S. The number of nitrogens with zero attached hydrogens (tertiary/aromatic N) is 1. The SMILES string of the molecule is CC(=O)Nc1ccsc1CNCC(=O)N(C)C. The number of carbonyl (C=O) groups excluding carboxylic acids is 2. The van der Waals surface area contributed by atoms with Crippen molar-refractivity contribution in [3.05, 3.63) is 16.3 Å². The van der Waals surface area contributed by atoms with Crippen LogP contribution >= 0.6 is 11.3 Å². The van der Waals surface area contributed by atoms with Crippen LogP contribution in [0.3, 0.4) is 0 Å². The molecule has 17 heavy (non-hydrogen) atoms. The minimum Gasteiger partial charge on any atom is -0.348 e. The van der Waals surface area contributed by atoms with Gasteiger partial charge in [-0.25, -0.2) is 0 Å². The number of likely N-dealkylation sites (N-methyl/N-ethyl adjacent to an activating group) is 1. The molecule has 5 nitrogen and oxygen atoms in total. The summed E-state index contributed by atoms with van der Waals surface area (Å²) >= 11 is 1.55. The van der Waals surface area contributed by atoms with Crippen LogP contribution in [0, 0.1) is 0 Å². The Morgan fingerprint density at radius 2 is 2.12 bits per heavy atom. The van der Waals surface area contributed by atoms with E-state index in [-0.39, 0.29) is 11.8 Å². The van der Waals surface area contributed by atoms with Gasteiger partial charge in [0.2, 0.25) is 11.8 Å². The summed E-state index contributed by atoms with van der Waals surface area (Å²) in [6.45, 7) is 2.35. The highest BCUT2D eigenvalue weighted by Gasteiger charge is 2.07. The lowest BCUT2D eigenvalue weighted by Gasteiger charge is -2.11. The lowest BCUT2D eigenvalue weighted by atomic mass is 10.3. The van der Waals surface area contributed by atoms with Gasteiger partial charge in [0.05, 0.1) is 12.2 Å². The number of hydrogen-bond donors (Lipinski definition) is 2. The number of thiophene rings is 1. The van der Waals surface area contributed by atoms with Crippen molar-refractivity contribution < 1.29 is 9.59 Å². The summed E-state index contributed by atoms with van der Waals surface area (Å²) in [4.78, 5) is 24.8. The van der Waals surface area contributed by atoms with Gasteiger partial charge < -0.3 is 15.5 Å². The largest absolute Gasteiger partial charge is 0.348 e. The van der Waals surface area contributed by atoms with E-state index in [1.54, 1.807) is 25.4 Å². The molecule has 0 unspecified atom stereocenters. The van der Waals surface area contributed by atoms with Crippen LogP contribution in [0.4, 0.5) is 5.69 Å². The molecule has 0 aliphatic heterocycles. The van der Waals surface area contributed by atoms with Crippen LogP contribution in [0.1, 0.15) is 11.8 Å². The van der Waals surface area contributed by atoms with Crippen LogP contribution < -0.4 is 10.6 Å². The van der Waals surface area contributed by atoms with Crippen LogP contribution in [-0.2, 0) is 16.1 Å². The molecule has 1 rings (SSSR count). The fourth-order valence-electron chi connectivity index (χ4n) is 1.22. The molecular weight excluding hydrogens is 238 g/mol. The Morgan fingerprint density at radius 1 is 1.41 bits per heavy atom. The van der Waals surface area contributed by atoms with Gasteiger partial charge in [0.25, 0.3) is 0 Å². The molecule has 0 saturated heterocycles. The van der Waals surface area contributed by atoms with E-state index < -0.39 is 0 Å². The quantitative estimate of drug-likeness (QED) is 0.821. The molecule has 0 aliphatic rings. The van der Waals surface area contributed by atoms with E-state index in [2.05, 4.69) is 10.6 Å². The van der Waals surface area contributed by atoms with Gasteiger partial charge in [0.15, 0.2) is 0 Å². The first kappa shape index (κ1) is 13.7. The van der Waals surface area contributed by atoms with E-state index in [9.17, 15) is 9.59 Å². The maximum atomic E-state index is 11.3. The minimum atomic E-state index is -0.0889. The molecule has 1 aromatic rings. The lowest BCUT2D eigenvalue weighted by molar-refractivity contribution is -0.127. The summed E-state index contributed by atoms with van der Waals surface area (Å²) in [5.41, 5.74) is 0.812. The summed E-state index contributed by atoms with van der Waals surface area (Å²) in [6, 6.07) is 1.86. The zero-order valence-electron chi connectivity index (χ0n) is 10.2. The van der Waals surface area contributed by atoms with Crippen LogP contribution in [0.2, 0.25) is 0 Å². The second kappa shape index (κ2) is 6.36. The third-order valence-corrected chi connectivity index (χ3v) is 3.04. The number of carbonyl (C=O) groups is 2. The van der Waals surface area contributed by atoms with Gasteiger partial charge in [-0.1, -0.05) is 0 Å². The van der Waals surface area contributed by atoms with Gasteiger partial charge in [-0.05, 0) is 11.4 Å². The topological polar surface area (TPSA) is 61.4 Å². The fourth-order valence-corrected chi connectivity index (χ4v) is 2.02. The van der Waals surface area contributed by atoms with Gasteiger partial charge in [-0.2, -0.15) is 0 Å². The number of hydrogen-bond acceptors (Lipinski definition) is 4. The molecule has 0 atom stereocenters. The summed E-state index contributed by atoms with van der Waals surface area (Å²) in [6.07, 6.45) is 0. The molecule has 0 aromatic carbocycles. The zero-order valence-corrected chi connectivity index (χ0v) is 11.1. The summed E-state index contributed by atoms with van der Waals surface area (Å²) < 4.78 is 0.